The van der Waals surface area contributed by atoms with Crippen molar-refractivity contribution in [2.24, 2.45) is 0 Å². The van der Waals surface area contributed by atoms with Gasteiger partial charge in [-0.3, -0.25) is 4.79 Å². The molecule has 1 aromatic heterocycles. The summed E-state index contributed by atoms with van der Waals surface area (Å²) in [5.74, 6) is 2.24. The summed E-state index contributed by atoms with van der Waals surface area (Å²) in [5, 5.41) is 6.09. The number of rotatable bonds is 6. The third kappa shape index (κ3) is 5.34. The number of aryl methyl sites for hydroxylation is 1. The zero-order valence-electron chi connectivity index (χ0n) is 13.4. The monoisotopic (exact) mass is 425 g/mol. The van der Waals surface area contributed by atoms with Crippen molar-refractivity contribution >= 4 is 40.1 Å². The van der Waals surface area contributed by atoms with Gasteiger partial charge in [-0.15, -0.1) is 0 Å². The van der Waals surface area contributed by atoms with Gasteiger partial charge in [0.2, 0.25) is 0 Å². The first kappa shape index (κ1) is 17.5. The molecule has 23 heavy (non-hydrogen) atoms. The van der Waals surface area contributed by atoms with E-state index in [1.54, 1.807) is 0 Å². The summed E-state index contributed by atoms with van der Waals surface area (Å²) >= 11 is 2.19. The van der Waals surface area contributed by atoms with Crippen molar-refractivity contribution in [1.82, 2.24) is 15.3 Å². The molecule has 0 radical (unpaired) electrons. The van der Waals surface area contributed by atoms with Crippen LogP contribution in [0, 0.1) is 10.5 Å². The maximum atomic E-state index is 12.0. The highest BCUT2D eigenvalue weighted by molar-refractivity contribution is 14.1. The number of halogens is 1. The third-order valence-corrected chi connectivity index (χ3v) is 3.76. The van der Waals surface area contributed by atoms with E-state index in [0.717, 1.165) is 15.2 Å². The van der Waals surface area contributed by atoms with E-state index in [0.29, 0.717) is 24.5 Å². The Morgan fingerprint density at radius 1 is 1.22 bits per heavy atom. The highest BCUT2D eigenvalue weighted by Gasteiger charge is 2.06. The van der Waals surface area contributed by atoms with Gasteiger partial charge in [0.15, 0.2) is 0 Å². The molecule has 0 saturated carbocycles. The largest absolute Gasteiger partial charge is 0.368 e. The second-order valence-electron chi connectivity index (χ2n) is 5.25. The minimum atomic E-state index is -0.0711. The zero-order valence-corrected chi connectivity index (χ0v) is 15.6. The van der Waals surface area contributed by atoms with E-state index in [2.05, 4.69) is 43.2 Å². The summed E-state index contributed by atoms with van der Waals surface area (Å²) in [5.41, 5.74) is 0.671. The van der Waals surface area contributed by atoms with Crippen molar-refractivity contribution < 1.29 is 4.79 Å². The smallest absolute Gasteiger partial charge is 0.251 e. The Bertz CT molecular complexity index is 690. The highest BCUT2D eigenvalue weighted by atomic mass is 127. The molecule has 1 aromatic carbocycles. The minimum absolute atomic E-state index is 0.0711. The molecular weight excluding hydrogens is 405 g/mol. The second kappa shape index (κ2) is 8.09. The molecule has 1 heterocycles. The van der Waals surface area contributed by atoms with E-state index in [-0.39, 0.29) is 5.91 Å². The van der Waals surface area contributed by atoms with Gasteiger partial charge in [-0.1, -0.05) is 6.07 Å². The first-order valence-electron chi connectivity index (χ1n) is 7.26. The predicted octanol–water partition coefficient (Wildman–Crippen LogP) is 2.30. The molecule has 0 aliphatic heterocycles. The van der Waals surface area contributed by atoms with Gasteiger partial charge in [-0.25, -0.2) is 9.97 Å². The Labute approximate surface area is 149 Å². The van der Waals surface area contributed by atoms with E-state index in [1.807, 2.05) is 56.3 Å². The molecule has 0 spiro atoms. The number of benzene rings is 1. The van der Waals surface area contributed by atoms with Crippen LogP contribution in [0.25, 0.3) is 0 Å². The molecule has 1 amide bonds. The van der Waals surface area contributed by atoms with E-state index < -0.39 is 0 Å². The number of nitrogens with zero attached hydrogens (tertiary/aromatic N) is 3. The molecule has 2 N–H and O–H groups in total. The quantitative estimate of drug-likeness (QED) is 0.549. The fourth-order valence-electron chi connectivity index (χ4n) is 1.97. The van der Waals surface area contributed by atoms with Gasteiger partial charge in [0.05, 0.1) is 0 Å². The van der Waals surface area contributed by atoms with Crippen LogP contribution in [0.3, 0.4) is 0 Å². The fraction of sp³-hybridized carbons (Fsp3) is 0.312. The first-order chi connectivity index (χ1) is 11.0. The summed E-state index contributed by atoms with van der Waals surface area (Å²) in [6, 6.07) is 9.39. The molecule has 0 aliphatic rings. The maximum absolute atomic E-state index is 12.0. The van der Waals surface area contributed by atoms with Gasteiger partial charge in [0.25, 0.3) is 5.91 Å². The maximum Gasteiger partial charge on any atom is 0.251 e. The third-order valence-electron chi connectivity index (χ3n) is 3.09. The predicted molar refractivity (Wildman–Crippen MR) is 101 cm³/mol. The lowest BCUT2D eigenvalue weighted by Gasteiger charge is -2.14. The molecule has 0 saturated heterocycles. The molecule has 7 heteroatoms. The normalized spacial score (nSPS) is 10.3. The Morgan fingerprint density at radius 2 is 2.00 bits per heavy atom. The highest BCUT2D eigenvalue weighted by Crippen LogP contribution is 2.13. The van der Waals surface area contributed by atoms with Crippen LogP contribution in [-0.4, -0.2) is 43.1 Å². The summed E-state index contributed by atoms with van der Waals surface area (Å²) in [6.07, 6.45) is 0. The van der Waals surface area contributed by atoms with Gasteiger partial charge < -0.3 is 15.5 Å². The molecule has 122 valence electrons. The van der Waals surface area contributed by atoms with Crippen molar-refractivity contribution in [2.75, 3.05) is 37.4 Å². The lowest BCUT2D eigenvalue weighted by atomic mass is 10.2. The summed E-state index contributed by atoms with van der Waals surface area (Å²) in [6.45, 7) is 2.97. The molecule has 2 aromatic rings. The molecule has 2 rings (SSSR count). The topological polar surface area (TPSA) is 70.2 Å². The number of nitrogens with one attached hydrogen (secondary N) is 2. The Morgan fingerprint density at radius 3 is 2.70 bits per heavy atom. The molecule has 6 nitrogen and oxygen atoms in total. The molecule has 0 bridgehead atoms. The second-order valence-corrected chi connectivity index (χ2v) is 6.49. The van der Waals surface area contributed by atoms with Gasteiger partial charge in [0.1, 0.15) is 17.5 Å². The van der Waals surface area contributed by atoms with Gasteiger partial charge in [0, 0.05) is 42.4 Å². The number of aromatic nitrogens is 2. The van der Waals surface area contributed by atoms with Crippen LogP contribution in [0.15, 0.2) is 30.3 Å². The van der Waals surface area contributed by atoms with Crippen molar-refractivity contribution in [3.8, 4) is 0 Å². The number of carbonyl (C=O) groups excluding carboxylic acids is 1. The fourth-order valence-corrected chi connectivity index (χ4v) is 2.51. The van der Waals surface area contributed by atoms with E-state index >= 15 is 0 Å². The molecule has 0 unspecified atom stereocenters. The molecule has 0 fully saturated rings. The average Bonchev–Trinajstić information content (AvgIpc) is 2.50. The Hall–Kier alpha value is -1.90. The molecule has 0 atom stereocenters. The van der Waals surface area contributed by atoms with Crippen LogP contribution < -0.4 is 15.5 Å². The van der Waals surface area contributed by atoms with Crippen molar-refractivity contribution in [1.29, 1.82) is 0 Å². The number of anilines is 2. The average molecular weight is 425 g/mol. The van der Waals surface area contributed by atoms with Crippen LogP contribution in [0.1, 0.15) is 16.2 Å². The van der Waals surface area contributed by atoms with Crippen LogP contribution in [0.2, 0.25) is 0 Å². The first-order valence-corrected chi connectivity index (χ1v) is 8.34. The molecule has 0 aliphatic carbocycles. The van der Waals surface area contributed by atoms with Crippen LogP contribution >= 0.6 is 22.6 Å². The Kier molecular flexibility index (Phi) is 6.14. The van der Waals surface area contributed by atoms with Crippen LogP contribution in [-0.2, 0) is 0 Å². The summed E-state index contributed by atoms with van der Waals surface area (Å²) < 4.78 is 1.04. The zero-order chi connectivity index (χ0) is 16.8. The lowest BCUT2D eigenvalue weighted by Crippen LogP contribution is -2.29. The van der Waals surface area contributed by atoms with Crippen molar-refractivity contribution in [2.45, 2.75) is 6.92 Å². The standard InChI is InChI=1S/C16H20IN5O/c1-11-20-14(10-15(21-11)22(2)3)18-7-8-19-16(23)12-5-4-6-13(17)9-12/h4-6,9-10H,7-8H2,1-3H3,(H,19,23)(H,18,20,21). The van der Waals surface area contributed by atoms with E-state index in [1.165, 1.54) is 0 Å². The number of carbonyl (C=O) groups is 1. The van der Waals surface area contributed by atoms with Gasteiger partial charge >= 0.3 is 0 Å². The lowest BCUT2D eigenvalue weighted by molar-refractivity contribution is 0.0955. The number of hydrogen-bond acceptors (Lipinski definition) is 5. The summed E-state index contributed by atoms with van der Waals surface area (Å²) in [7, 11) is 3.88. The van der Waals surface area contributed by atoms with Gasteiger partial charge in [-0.05, 0) is 47.7 Å². The van der Waals surface area contributed by atoms with E-state index in [9.17, 15) is 4.79 Å². The van der Waals surface area contributed by atoms with Crippen LogP contribution in [0.5, 0.6) is 0 Å². The number of hydrogen-bond donors (Lipinski definition) is 2. The Balaban J connectivity index is 1.85. The summed E-state index contributed by atoms with van der Waals surface area (Å²) in [4.78, 5) is 22.6. The van der Waals surface area contributed by atoms with E-state index in [4.69, 9.17) is 0 Å². The minimum Gasteiger partial charge on any atom is -0.368 e. The molecular formula is C16H20IN5O. The van der Waals surface area contributed by atoms with Crippen molar-refractivity contribution in [3.05, 3.63) is 45.3 Å². The van der Waals surface area contributed by atoms with Crippen molar-refractivity contribution in [3.63, 3.8) is 0 Å². The number of amides is 1. The SMILES string of the molecule is Cc1nc(NCCNC(=O)c2cccc(I)c2)cc(N(C)C)n1. The van der Waals surface area contributed by atoms with Crippen LogP contribution in [0.4, 0.5) is 11.6 Å². The van der Waals surface area contributed by atoms with Gasteiger partial charge in [-0.2, -0.15) is 0 Å².